The maximum atomic E-state index is 12.3. The van der Waals surface area contributed by atoms with Gasteiger partial charge in [-0.1, -0.05) is 25.1 Å². The summed E-state index contributed by atoms with van der Waals surface area (Å²) in [4.78, 5) is 12.3. The molecule has 0 atom stereocenters. The number of carbonyl (C=O) groups excluding carboxylic acids is 1. The van der Waals surface area contributed by atoms with E-state index in [1.807, 2.05) is 43.3 Å². The molecule has 1 amide bonds. The Hall–Kier alpha value is -3.41. The van der Waals surface area contributed by atoms with Crippen LogP contribution in [-0.2, 0) is 6.42 Å². The third-order valence-electron chi connectivity index (χ3n) is 3.81. The van der Waals surface area contributed by atoms with E-state index in [4.69, 9.17) is 8.83 Å². The highest BCUT2D eigenvalue weighted by molar-refractivity contribution is 6.04. The Morgan fingerprint density at radius 3 is 2.56 bits per heavy atom. The molecule has 0 bridgehead atoms. The van der Waals surface area contributed by atoms with E-state index in [0.717, 1.165) is 10.9 Å². The standard InChI is InChI=1S/C19H15N3O3/c1-2-17-21-22-19(25-17)12-7-9-14(10-8-12)20-18(23)16-11-13-5-3-4-6-15(13)24-16/h3-11H,2H2,1H3,(H,20,23). The SMILES string of the molecule is CCc1nnc(-c2ccc(NC(=O)c3cc4ccccc4o3)cc2)o1. The van der Waals surface area contributed by atoms with E-state index in [-0.39, 0.29) is 11.7 Å². The number of furan rings is 1. The Labute approximate surface area is 143 Å². The maximum absolute atomic E-state index is 12.3. The molecule has 124 valence electrons. The summed E-state index contributed by atoms with van der Waals surface area (Å²) in [5.41, 5.74) is 2.14. The second-order valence-electron chi connectivity index (χ2n) is 5.53. The number of benzene rings is 2. The van der Waals surface area contributed by atoms with Crippen LogP contribution in [0, 0.1) is 0 Å². The molecule has 6 nitrogen and oxygen atoms in total. The number of nitrogens with one attached hydrogen (secondary N) is 1. The van der Waals surface area contributed by atoms with E-state index in [0.29, 0.717) is 29.5 Å². The number of aromatic nitrogens is 2. The van der Waals surface area contributed by atoms with Crippen LogP contribution in [0.2, 0.25) is 0 Å². The van der Waals surface area contributed by atoms with Gasteiger partial charge >= 0.3 is 0 Å². The van der Waals surface area contributed by atoms with Crippen molar-refractivity contribution in [2.24, 2.45) is 0 Å². The van der Waals surface area contributed by atoms with Crippen molar-refractivity contribution in [2.45, 2.75) is 13.3 Å². The van der Waals surface area contributed by atoms with Gasteiger partial charge in [0.05, 0.1) is 0 Å². The van der Waals surface area contributed by atoms with Gasteiger partial charge in [-0.2, -0.15) is 0 Å². The molecular weight excluding hydrogens is 318 g/mol. The van der Waals surface area contributed by atoms with Crippen molar-refractivity contribution >= 4 is 22.6 Å². The summed E-state index contributed by atoms with van der Waals surface area (Å²) in [5.74, 6) is 1.04. The highest BCUT2D eigenvalue weighted by Gasteiger charge is 2.13. The number of rotatable bonds is 4. The highest BCUT2D eigenvalue weighted by atomic mass is 16.4. The van der Waals surface area contributed by atoms with Crippen molar-refractivity contribution < 1.29 is 13.6 Å². The fourth-order valence-corrected chi connectivity index (χ4v) is 2.50. The second-order valence-corrected chi connectivity index (χ2v) is 5.53. The first-order valence-electron chi connectivity index (χ1n) is 7.95. The Balaban J connectivity index is 1.51. The number of para-hydroxylation sites is 1. The zero-order valence-corrected chi connectivity index (χ0v) is 13.5. The maximum Gasteiger partial charge on any atom is 0.291 e. The Morgan fingerprint density at radius 2 is 1.84 bits per heavy atom. The van der Waals surface area contributed by atoms with Gasteiger partial charge in [0.15, 0.2) is 5.76 Å². The molecule has 0 unspecified atom stereocenters. The predicted molar refractivity (Wildman–Crippen MR) is 93.3 cm³/mol. The summed E-state index contributed by atoms with van der Waals surface area (Å²) in [7, 11) is 0. The van der Waals surface area contributed by atoms with E-state index in [2.05, 4.69) is 15.5 Å². The topological polar surface area (TPSA) is 81.2 Å². The smallest absolute Gasteiger partial charge is 0.291 e. The largest absolute Gasteiger partial charge is 0.451 e. The van der Waals surface area contributed by atoms with Crippen LogP contribution in [-0.4, -0.2) is 16.1 Å². The molecule has 0 saturated heterocycles. The molecule has 4 aromatic rings. The molecule has 0 saturated carbocycles. The summed E-state index contributed by atoms with van der Waals surface area (Å²) >= 11 is 0. The minimum absolute atomic E-state index is 0.273. The predicted octanol–water partition coefficient (Wildman–Crippen LogP) is 4.30. The molecule has 1 N–H and O–H groups in total. The number of amides is 1. The number of hydrogen-bond donors (Lipinski definition) is 1. The van der Waals surface area contributed by atoms with Crippen LogP contribution in [0.4, 0.5) is 5.69 Å². The number of fused-ring (bicyclic) bond motifs is 1. The van der Waals surface area contributed by atoms with Gasteiger partial charge in [0.25, 0.3) is 5.91 Å². The lowest BCUT2D eigenvalue weighted by molar-refractivity contribution is 0.0998. The van der Waals surface area contributed by atoms with E-state index >= 15 is 0 Å². The van der Waals surface area contributed by atoms with Gasteiger partial charge in [-0.05, 0) is 36.4 Å². The van der Waals surface area contributed by atoms with Gasteiger partial charge in [-0.25, -0.2) is 0 Å². The lowest BCUT2D eigenvalue weighted by Crippen LogP contribution is -2.10. The van der Waals surface area contributed by atoms with Gasteiger partial charge in [0, 0.05) is 23.1 Å². The van der Waals surface area contributed by atoms with Crippen molar-refractivity contribution in [3.8, 4) is 11.5 Å². The quantitative estimate of drug-likeness (QED) is 0.602. The monoisotopic (exact) mass is 333 g/mol. The third-order valence-corrected chi connectivity index (χ3v) is 3.81. The minimum atomic E-state index is -0.296. The fourth-order valence-electron chi connectivity index (χ4n) is 2.50. The molecule has 25 heavy (non-hydrogen) atoms. The zero-order chi connectivity index (χ0) is 17.2. The molecular formula is C19H15N3O3. The molecule has 2 aromatic heterocycles. The van der Waals surface area contributed by atoms with Crippen molar-refractivity contribution in [3.63, 3.8) is 0 Å². The molecule has 0 fully saturated rings. The van der Waals surface area contributed by atoms with Gasteiger partial charge in [-0.15, -0.1) is 10.2 Å². The number of hydrogen-bond acceptors (Lipinski definition) is 5. The van der Waals surface area contributed by atoms with Crippen LogP contribution >= 0.6 is 0 Å². The average Bonchev–Trinajstić information content (AvgIpc) is 3.29. The van der Waals surface area contributed by atoms with Gasteiger partial charge in [0.1, 0.15) is 5.58 Å². The molecule has 0 aliphatic rings. The normalized spacial score (nSPS) is 10.9. The molecule has 2 aromatic carbocycles. The molecule has 2 heterocycles. The molecule has 4 rings (SSSR count). The lowest BCUT2D eigenvalue weighted by Gasteiger charge is -2.03. The van der Waals surface area contributed by atoms with Gasteiger partial charge < -0.3 is 14.2 Å². The van der Waals surface area contributed by atoms with Gasteiger partial charge in [0.2, 0.25) is 11.8 Å². The molecule has 0 radical (unpaired) electrons. The number of anilines is 1. The molecule has 0 aliphatic heterocycles. The van der Waals surface area contributed by atoms with Crippen molar-refractivity contribution in [3.05, 3.63) is 66.2 Å². The molecule has 0 spiro atoms. The second kappa shape index (κ2) is 6.24. The van der Waals surface area contributed by atoms with Crippen LogP contribution < -0.4 is 5.32 Å². The minimum Gasteiger partial charge on any atom is -0.451 e. The first kappa shape index (κ1) is 15.1. The van der Waals surface area contributed by atoms with E-state index < -0.39 is 0 Å². The number of aryl methyl sites for hydroxylation is 1. The van der Waals surface area contributed by atoms with E-state index in [1.165, 1.54) is 0 Å². The third kappa shape index (κ3) is 3.01. The number of nitrogens with zero attached hydrogens (tertiary/aromatic N) is 2. The molecule has 6 heteroatoms. The Bertz CT molecular complexity index is 998. The van der Waals surface area contributed by atoms with Crippen LogP contribution in [0.5, 0.6) is 0 Å². The first-order chi connectivity index (χ1) is 12.2. The Kier molecular flexibility index (Phi) is 3.78. The summed E-state index contributed by atoms with van der Waals surface area (Å²) in [5, 5.41) is 11.7. The first-order valence-corrected chi connectivity index (χ1v) is 7.95. The average molecular weight is 333 g/mol. The van der Waals surface area contributed by atoms with E-state index in [1.54, 1.807) is 18.2 Å². The van der Waals surface area contributed by atoms with Crippen LogP contribution in [0.15, 0.2) is 63.4 Å². The number of carbonyl (C=O) groups is 1. The van der Waals surface area contributed by atoms with Crippen LogP contribution in [0.25, 0.3) is 22.4 Å². The van der Waals surface area contributed by atoms with Crippen molar-refractivity contribution in [1.82, 2.24) is 10.2 Å². The summed E-state index contributed by atoms with van der Waals surface area (Å²) in [6.45, 7) is 1.95. The summed E-state index contributed by atoms with van der Waals surface area (Å²) in [6, 6.07) is 16.4. The summed E-state index contributed by atoms with van der Waals surface area (Å²) < 4.78 is 11.1. The lowest BCUT2D eigenvalue weighted by atomic mass is 10.2. The molecule has 0 aliphatic carbocycles. The van der Waals surface area contributed by atoms with Crippen LogP contribution in [0.3, 0.4) is 0 Å². The Morgan fingerprint density at radius 1 is 1.04 bits per heavy atom. The fraction of sp³-hybridized carbons (Fsp3) is 0.105. The van der Waals surface area contributed by atoms with Gasteiger partial charge in [-0.3, -0.25) is 4.79 Å². The highest BCUT2D eigenvalue weighted by Crippen LogP contribution is 2.22. The zero-order valence-electron chi connectivity index (χ0n) is 13.5. The van der Waals surface area contributed by atoms with Crippen molar-refractivity contribution in [1.29, 1.82) is 0 Å². The summed E-state index contributed by atoms with van der Waals surface area (Å²) in [6.07, 6.45) is 0.693. The van der Waals surface area contributed by atoms with Crippen LogP contribution in [0.1, 0.15) is 23.4 Å². The van der Waals surface area contributed by atoms with Crippen molar-refractivity contribution in [2.75, 3.05) is 5.32 Å². The van der Waals surface area contributed by atoms with E-state index in [9.17, 15) is 4.79 Å².